The molecule has 0 bridgehead atoms. The highest BCUT2D eigenvalue weighted by Crippen LogP contribution is 2.29. The van der Waals surface area contributed by atoms with Crippen LogP contribution in [-0.4, -0.2) is 15.2 Å². The Kier molecular flexibility index (Phi) is 4.05. The van der Waals surface area contributed by atoms with Gasteiger partial charge in [0.25, 0.3) is 5.89 Å². The van der Waals surface area contributed by atoms with Crippen molar-refractivity contribution in [2.24, 2.45) is 0 Å². The number of nitrogens with zero attached hydrogens (tertiary/aromatic N) is 2. The van der Waals surface area contributed by atoms with Crippen LogP contribution in [-0.2, 0) is 0 Å². The summed E-state index contributed by atoms with van der Waals surface area (Å²) in [5.41, 5.74) is 1.30. The van der Waals surface area contributed by atoms with Crippen molar-refractivity contribution in [3.05, 3.63) is 50.0 Å². The molecule has 106 valence electrons. The van der Waals surface area contributed by atoms with E-state index >= 15 is 0 Å². The minimum Gasteiger partial charge on any atom is -0.507 e. The highest BCUT2D eigenvalue weighted by atomic mass is 127. The number of hydrogen-bond acceptors (Lipinski definition) is 4. The Morgan fingerprint density at radius 1 is 1.00 bits per heavy atom. The number of aromatic hydroxyl groups is 1. The summed E-state index contributed by atoms with van der Waals surface area (Å²) in [4.78, 5) is 4.30. The summed E-state index contributed by atoms with van der Waals surface area (Å²) < 4.78 is 5.97. The first-order valence-electron chi connectivity index (χ1n) is 5.82. The smallest absolute Gasteiger partial charge is 0.258 e. The van der Waals surface area contributed by atoms with Crippen molar-refractivity contribution in [2.75, 3.05) is 0 Å². The second kappa shape index (κ2) is 5.82. The molecule has 0 aliphatic carbocycles. The number of aromatic nitrogens is 2. The van der Waals surface area contributed by atoms with E-state index in [9.17, 15) is 5.11 Å². The van der Waals surface area contributed by atoms with E-state index in [4.69, 9.17) is 27.7 Å². The van der Waals surface area contributed by atoms with Crippen molar-refractivity contribution in [3.8, 4) is 28.6 Å². The molecule has 3 rings (SSSR count). The van der Waals surface area contributed by atoms with Gasteiger partial charge in [-0.25, -0.2) is 0 Å². The molecule has 0 saturated carbocycles. The van der Waals surface area contributed by atoms with Crippen molar-refractivity contribution >= 4 is 45.8 Å². The summed E-state index contributed by atoms with van der Waals surface area (Å²) in [6.45, 7) is 0. The standard InChI is InChI=1S/C14H7Cl2IN2O2/c15-9-3-8(4-10(16)6-9)13-18-14(21-19-13)7-1-2-11(17)12(20)5-7/h1-6,20H. The van der Waals surface area contributed by atoms with E-state index < -0.39 is 0 Å². The number of phenolic OH excluding ortho intramolecular Hbond substituents is 1. The first kappa shape index (κ1) is 14.6. The lowest BCUT2D eigenvalue weighted by Gasteiger charge is -1.98. The molecule has 1 aromatic heterocycles. The van der Waals surface area contributed by atoms with Crippen LogP contribution >= 0.6 is 45.8 Å². The number of hydrogen-bond donors (Lipinski definition) is 1. The van der Waals surface area contributed by atoms with Gasteiger partial charge in [0.2, 0.25) is 5.82 Å². The molecule has 0 amide bonds. The molecule has 0 unspecified atom stereocenters. The quantitative estimate of drug-likeness (QED) is 0.577. The van der Waals surface area contributed by atoms with Crippen LogP contribution < -0.4 is 0 Å². The zero-order valence-corrected chi connectivity index (χ0v) is 14.0. The fourth-order valence-corrected chi connectivity index (χ4v) is 2.65. The summed E-state index contributed by atoms with van der Waals surface area (Å²) in [5, 5.41) is 14.6. The van der Waals surface area contributed by atoms with Gasteiger partial charge in [-0.2, -0.15) is 4.98 Å². The summed E-state index contributed by atoms with van der Waals surface area (Å²) in [6, 6.07) is 10.2. The third-order valence-electron chi connectivity index (χ3n) is 2.74. The maximum Gasteiger partial charge on any atom is 0.258 e. The summed E-state index contributed by atoms with van der Waals surface area (Å²) in [5.74, 6) is 0.860. The van der Waals surface area contributed by atoms with Crippen LogP contribution in [0.25, 0.3) is 22.8 Å². The molecule has 0 spiro atoms. The molecule has 0 aliphatic rings. The third kappa shape index (κ3) is 3.14. The van der Waals surface area contributed by atoms with Gasteiger partial charge in [-0.3, -0.25) is 0 Å². The van der Waals surface area contributed by atoms with Crippen LogP contribution in [0.15, 0.2) is 40.9 Å². The lowest BCUT2D eigenvalue weighted by atomic mass is 10.2. The average molecular weight is 433 g/mol. The molecule has 3 aromatic rings. The first-order valence-corrected chi connectivity index (χ1v) is 7.65. The molecule has 21 heavy (non-hydrogen) atoms. The zero-order valence-electron chi connectivity index (χ0n) is 10.3. The number of halogens is 3. The van der Waals surface area contributed by atoms with Crippen LogP contribution in [0.3, 0.4) is 0 Å². The molecule has 4 nitrogen and oxygen atoms in total. The number of rotatable bonds is 2. The Labute approximate surface area is 143 Å². The highest BCUT2D eigenvalue weighted by molar-refractivity contribution is 14.1. The lowest BCUT2D eigenvalue weighted by Crippen LogP contribution is -1.83. The van der Waals surface area contributed by atoms with Gasteiger partial charge in [0.15, 0.2) is 0 Å². The average Bonchev–Trinajstić information content (AvgIpc) is 2.90. The highest BCUT2D eigenvalue weighted by Gasteiger charge is 2.13. The molecular formula is C14H7Cl2IN2O2. The van der Waals surface area contributed by atoms with Crippen LogP contribution in [0.4, 0.5) is 0 Å². The van der Waals surface area contributed by atoms with Gasteiger partial charge in [0, 0.05) is 21.2 Å². The van der Waals surface area contributed by atoms with Gasteiger partial charge >= 0.3 is 0 Å². The van der Waals surface area contributed by atoms with E-state index in [0.717, 1.165) is 3.57 Å². The van der Waals surface area contributed by atoms with Crippen LogP contribution in [0.2, 0.25) is 10.0 Å². The molecule has 0 saturated heterocycles. The molecule has 0 atom stereocenters. The fraction of sp³-hybridized carbons (Fsp3) is 0. The maximum absolute atomic E-state index is 9.73. The fourth-order valence-electron chi connectivity index (χ4n) is 1.79. The van der Waals surface area contributed by atoms with Crippen molar-refractivity contribution < 1.29 is 9.63 Å². The summed E-state index contributed by atoms with van der Waals surface area (Å²) in [6.07, 6.45) is 0. The predicted molar refractivity (Wildman–Crippen MR) is 89.6 cm³/mol. The Balaban J connectivity index is 2.01. The molecular weight excluding hydrogens is 426 g/mol. The molecule has 2 aromatic carbocycles. The number of benzene rings is 2. The molecule has 0 radical (unpaired) electrons. The Morgan fingerprint density at radius 3 is 2.38 bits per heavy atom. The largest absolute Gasteiger partial charge is 0.507 e. The summed E-state index contributed by atoms with van der Waals surface area (Å²) in [7, 11) is 0. The van der Waals surface area contributed by atoms with Gasteiger partial charge in [-0.05, 0) is 59.0 Å². The van der Waals surface area contributed by atoms with Crippen molar-refractivity contribution in [3.63, 3.8) is 0 Å². The Hall–Kier alpha value is -1.31. The number of phenols is 1. The Bertz CT molecular complexity index is 800. The topological polar surface area (TPSA) is 59.2 Å². The van der Waals surface area contributed by atoms with Crippen LogP contribution in [0.5, 0.6) is 5.75 Å². The van der Waals surface area contributed by atoms with E-state index in [0.29, 0.717) is 32.9 Å². The predicted octanol–water partition coefficient (Wildman–Crippen LogP) is 5.02. The normalized spacial score (nSPS) is 10.8. The van der Waals surface area contributed by atoms with Gasteiger partial charge in [0.1, 0.15) is 5.75 Å². The zero-order chi connectivity index (χ0) is 15.0. The minimum absolute atomic E-state index is 0.165. The first-order chi connectivity index (χ1) is 10.0. The SMILES string of the molecule is Oc1cc(-c2nc(-c3cc(Cl)cc(Cl)c3)no2)ccc1I. The van der Waals surface area contributed by atoms with Gasteiger partial charge in [0.05, 0.1) is 3.57 Å². The van der Waals surface area contributed by atoms with Gasteiger partial charge < -0.3 is 9.63 Å². The van der Waals surface area contributed by atoms with Crippen LogP contribution in [0, 0.1) is 3.57 Å². The maximum atomic E-state index is 9.73. The van der Waals surface area contributed by atoms with Crippen molar-refractivity contribution in [1.29, 1.82) is 0 Å². The lowest BCUT2D eigenvalue weighted by molar-refractivity contribution is 0.431. The van der Waals surface area contributed by atoms with Gasteiger partial charge in [-0.1, -0.05) is 28.4 Å². The van der Waals surface area contributed by atoms with E-state index in [1.807, 2.05) is 22.6 Å². The van der Waals surface area contributed by atoms with E-state index in [2.05, 4.69) is 10.1 Å². The summed E-state index contributed by atoms with van der Waals surface area (Å²) >= 11 is 14.0. The second-order valence-electron chi connectivity index (χ2n) is 4.25. The minimum atomic E-state index is 0.165. The Morgan fingerprint density at radius 2 is 1.71 bits per heavy atom. The van der Waals surface area contributed by atoms with E-state index in [1.165, 1.54) is 0 Å². The monoisotopic (exact) mass is 432 g/mol. The van der Waals surface area contributed by atoms with E-state index in [-0.39, 0.29) is 5.75 Å². The second-order valence-corrected chi connectivity index (χ2v) is 6.28. The molecule has 1 heterocycles. The van der Waals surface area contributed by atoms with Crippen molar-refractivity contribution in [2.45, 2.75) is 0 Å². The van der Waals surface area contributed by atoms with Gasteiger partial charge in [-0.15, -0.1) is 0 Å². The van der Waals surface area contributed by atoms with Crippen LogP contribution in [0.1, 0.15) is 0 Å². The van der Waals surface area contributed by atoms with E-state index in [1.54, 1.807) is 36.4 Å². The third-order valence-corrected chi connectivity index (χ3v) is 4.09. The molecule has 1 N–H and O–H groups in total. The molecule has 0 aliphatic heterocycles. The van der Waals surface area contributed by atoms with Crippen molar-refractivity contribution in [1.82, 2.24) is 10.1 Å². The molecule has 0 fully saturated rings. The molecule has 7 heteroatoms.